The van der Waals surface area contributed by atoms with Gasteiger partial charge in [0.1, 0.15) is 0 Å². The highest BCUT2D eigenvalue weighted by Gasteiger charge is 2.09. The molecular weight excluding hydrogens is 214 g/mol. The van der Waals surface area contributed by atoms with E-state index in [0.29, 0.717) is 13.0 Å². The van der Waals surface area contributed by atoms with Crippen molar-refractivity contribution in [3.63, 3.8) is 0 Å². The Labute approximate surface area is 103 Å². The standard InChI is InChI=1S/C13H21N3O/c1-4-12(14)13(17)15-9-10-5-7-11(8-6-10)16(2)3/h5-8,12H,4,9,14H2,1-3H3,(H,15,17). The van der Waals surface area contributed by atoms with Crippen LogP contribution in [0.4, 0.5) is 5.69 Å². The summed E-state index contributed by atoms with van der Waals surface area (Å²) in [7, 11) is 3.99. The van der Waals surface area contributed by atoms with E-state index in [4.69, 9.17) is 5.73 Å². The normalized spacial score (nSPS) is 12.0. The van der Waals surface area contributed by atoms with Gasteiger partial charge in [-0.1, -0.05) is 19.1 Å². The van der Waals surface area contributed by atoms with Gasteiger partial charge in [-0.3, -0.25) is 4.79 Å². The van der Waals surface area contributed by atoms with Gasteiger partial charge in [0.15, 0.2) is 0 Å². The number of carbonyl (C=O) groups excluding carboxylic acids is 1. The van der Waals surface area contributed by atoms with Gasteiger partial charge in [-0.25, -0.2) is 0 Å². The zero-order valence-electron chi connectivity index (χ0n) is 10.7. The SMILES string of the molecule is CCC(N)C(=O)NCc1ccc(N(C)C)cc1. The third kappa shape index (κ3) is 4.07. The monoisotopic (exact) mass is 235 g/mol. The number of nitrogens with two attached hydrogens (primary N) is 1. The first-order valence-corrected chi connectivity index (χ1v) is 5.84. The highest BCUT2D eigenvalue weighted by molar-refractivity contribution is 5.81. The van der Waals surface area contributed by atoms with Gasteiger partial charge in [0.25, 0.3) is 0 Å². The van der Waals surface area contributed by atoms with Crippen molar-refractivity contribution in [2.24, 2.45) is 5.73 Å². The highest BCUT2D eigenvalue weighted by Crippen LogP contribution is 2.11. The molecule has 1 rings (SSSR count). The lowest BCUT2D eigenvalue weighted by atomic mass is 10.2. The van der Waals surface area contributed by atoms with Gasteiger partial charge in [0.2, 0.25) is 5.91 Å². The van der Waals surface area contributed by atoms with E-state index in [2.05, 4.69) is 5.32 Å². The first-order valence-electron chi connectivity index (χ1n) is 5.84. The number of rotatable bonds is 5. The smallest absolute Gasteiger partial charge is 0.237 e. The van der Waals surface area contributed by atoms with E-state index in [-0.39, 0.29) is 5.91 Å². The van der Waals surface area contributed by atoms with E-state index in [1.54, 1.807) is 0 Å². The van der Waals surface area contributed by atoms with Crippen LogP contribution in [0.2, 0.25) is 0 Å². The molecular formula is C13H21N3O. The molecule has 1 amide bonds. The van der Waals surface area contributed by atoms with Gasteiger partial charge in [-0.15, -0.1) is 0 Å². The number of amides is 1. The molecule has 1 unspecified atom stereocenters. The van der Waals surface area contributed by atoms with Gasteiger partial charge in [0, 0.05) is 26.3 Å². The van der Waals surface area contributed by atoms with E-state index in [9.17, 15) is 4.79 Å². The fraction of sp³-hybridized carbons (Fsp3) is 0.462. The van der Waals surface area contributed by atoms with Crippen molar-refractivity contribution in [1.82, 2.24) is 5.32 Å². The molecule has 1 aromatic carbocycles. The molecule has 4 nitrogen and oxygen atoms in total. The summed E-state index contributed by atoms with van der Waals surface area (Å²) in [6, 6.07) is 7.67. The minimum Gasteiger partial charge on any atom is -0.378 e. The average Bonchev–Trinajstić information content (AvgIpc) is 2.35. The van der Waals surface area contributed by atoms with Crippen molar-refractivity contribution < 1.29 is 4.79 Å². The van der Waals surface area contributed by atoms with E-state index in [1.807, 2.05) is 50.2 Å². The van der Waals surface area contributed by atoms with Crippen LogP contribution in [0.15, 0.2) is 24.3 Å². The topological polar surface area (TPSA) is 58.4 Å². The van der Waals surface area contributed by atoms with E-state index in [1.165, 1.54) is 0 Å². The van der Waals surface area contributed by atoms with Crippen molar-refractivity contribution in [3.8, 4) is 0 Å². The lowest BCUT2D eigenvalue weighted by molar-refractivity contribution is -0.122. The van der Waals surface area contributed by atoms with Crippen molar-refractivity contribution in [3.05, 3.63) is 29.8 Å². The first kappa shape index (κ1) is 13.5. The molecule has 0 fully saturated rings. The maximum absolute atomic E-state index is 11.5. The molecule has 0 aliphatic heterocycles. The third-order valence-electron chi connectivity index (χ3n) is 2.70. The summed E-state index contributed by atoms with van der Waals surface area (Å²) in [5, 5.41) is 2.82. The second kappa shape index (κ2) is 6.25. The Morgan fingerprint density at radius 3 is 2.41 bits per heavy atom. The van der Waals surface area contributed by atoms with Crippen LogP contribution >= 0.6 is 0 Å². The zero-order chi connectivity index (χ0) is 12.8. The molecule has 0 bridgehead atoms. The van der Waals surface area contributed by atoms with E-state index in [0.717, 1.165) is 11.3 Å². The minimum absolute atomic E-state index is 0.0933. The predicted molar refractivity (Wildman–Crippen MR) is 70.9 cm³/mol. The Hall–Kier alpha value is -1.55. The van der Waals surface area contributed by atoms with Crippen LogP contribution in [-0.2, 0) is 11.3 Å². The van der Waals surface area contributed by atoms with Gasteiger partial charge in [-0.2, -0.15) is 0 Å². The number of hydrogen-bond acceptors (Lipinski definition) is 3. The molecule has 0 aliphatic carbocycles. The Morgan fingerprint density at radius 1 is 1.35 bits per heavy atom. The van der Waals surface area contributed by atoms with Crippen molar-refractivity contribution in [2.45, 2.75) is 25.9 Å². The maximum atomic E-state index is 11.5. The fourth-order valence-electron chi connectivity index (χ4n) is 1.42. The maximum Gasteiger partial charge on any atom is 0.237 e. The molecule has 3 N–H and O–H groups in total. The molecule has 4 heteroatoms. The quantitative estimate of drug-likeness (QED) is 0.803. The van der Waals surface area contributed by atoms with Gasteiger partial charge < -0.3 is 16.0 Å². The number of nitrogens with one attached hydrogen (secondary N) is 1. The Morgan fingerprint density at radius 2 is 1.94 bits per heavy atom. The lowest BCUT2D eigenvalue weighted by Gasteiger charge is -2.13. The Balaban J connectivity index is 2.50. The molecule has 0 saturated carbocycles. The molecule has 1 atom stereocenters. The number of nitrogens with zero attached hydrogens (tertiary/aromatic N) is 1. The van der Waals surface area contributed by atoms with Crippen LogP contribution in [-0.4, -0.2) is 26.0 Å². The number of benzene rings is 1. The second-order valence-electron chi connectivity index (χ2n) is 4.29. The number of carbonyl (C=O) groups is 1. The summed E-state index contributed by atoms with van der Waals surface area (Å²) in [6.45, 7) is 2.43. The summed E-state index contributed by atoms with van der Waals surface area (Å²) < 4.78 is 0. The predicted octanol–water partition coefficient (Wildman–Crippen LogP) is 1.11. The molecule has 1 aromatic rings. The second-order valence-corrected chi connectivity index (χ2v) is 4.29. The molecule has 0 saturated heterocycles. The largest absolute Gasteiger partial charge is 0.378 e. The molecule has 0 spiro atoms. The van der Waals surface area contributed by atoms with E-state index < -0.39 is 6.04 Å². The van der Waals surface area contributed by atoms with Crippen LogP contribution in [0.25, 0.3) is 0 Å². The molecule has 17 heavy (non-hydrogen) atoms. The Kier molecular flexibility index (Phi) is 4.97. The summed E-state index contributed by atoms with van der Waals surface area (Å²) >= 11 is 0. The van der Waals surface area contributed by atoms with Gasteiger partial charge >= 0.3 is 0 Å². The molecule has 0 aliphatic rings. The Bertz CT molecular complexity index is 359. The summed E-state index contributed by atoms with van der Waals surface area (Å²) in [5.41, 5.74) is 7.85. The number of anilines is 1. The van der Waals surface area contributed by atoms with E-state index >= 15 is 0 Å². The first-order chi connectivity index (χ1) is 8.04. The van der Waals surface area contributed by atoms with Gasteiger partial charge in [-0.05, 0) is 24.1 Å². The third-order valence-corrected chi connectivity index (χ3v) is 2.70. The fourth-order valence-corrected chi connectivity index (χ4v) is 1.42. The highest BCUT2D eigenvalue weighted by atomic mass is 16.2. The van der Waals surface area contributed by atoms with Crippen LogP contribution in [0.3, 0.4) is 0 Å². The van der Waals surface area contributed by atoms with Crippen LogP contribution < -0.4 is 16.0 Å². The van der Waals surface area contributed by atoms with Crippen LogP contribution in [0, 0.1) is 0 Å². The van der Waals surface area contributed by atoms with Crippen molar-refractivity contribution >= 4 is 11.6 Å². The molecule has 0 radical (unpaired) electrons. The lowest BCUT2D eigenvalue weighted by Crippen LogP contribution is -2.39. The number of hydrogen-bond donors (Lipinski definition) is 2. The van der Waals surface area contributed by atoms with Crippen LogP contribution in [0.5, 0.6) is 0 Å². The van der Waals surface area contributed by atoms with Crippen molar-refractivity contribution in [2.75, 3.05) is 19.0 Å². The molecule has 0 heterocycles. The molecule has 94 valence electrons. The average molecular weight is 235 g/mol. The zero-order valence-corrected chi connectivity index (χ0v) is 10.7. The summed E-state index contributed by atoms with van der Waals surface area (Å²) in [5.74, 6) is -0.0933. The summed E-state index contributed by atoms with van der Waals surface area (Å²) in [4.78, 5) is 13.5. The minimum atomic E-state index is -0.406. The van der Waals surface area contributed by atoms with Gasteiger partial charge in [0.05, 0.1) is 6.04 Å². The summed E-state index contributed by atoms with van der Waals surface area (Å²) in [6.07, 6.45) is 0.658. The molecule has 0 aromatic heterocycles. The van der Waals surface area contributed by atoms with Crippen LogP contribution in [0.1, 0.15) is 18.9 Å². The van der Waals surface area contributed by atoms with Crippen molar-refractivity contribution in [1.29, 1.82) is 0 Å².